The van der Waals surface area contributed by atoms with E-state index in [0.717, 1.165) is 10.0 Å². The van der Waals surface area contributed by atoms with Crippen LogP contribution in [0.2, 0.25) is 0 Å². The number of nitrogens with one attached hydrogen (secondary N) is 1. The zero-order chi connectivity index (χ0) is 14.7. The van der Waals surface area contributed by atoms with Crippen LogP contribution in [0.25, 0.3) is 0 Å². The number of hydrogen-bond donors (Lipinski definition) is 2. The number of rotatable bonds is 4. The Morgan fingerprint density at radius 1 is 1.30 bits per heavy atom. The van der Waals surface area contributed by atoms with E-state index in [4.69, 9.17) is 5.73 Å². The van der Waals surface area contributed by atoms with Crippen molar-refractivity contribution in [3.8, 4) is 0 Å². The van der Waals surface area contributed by atoms with Gasteiger partial charge in [0, 0.05) is 22.8 Å². The molecule has 20 heavy (non-hydrogen) atoms. The maximum absolute atomic E-state index is 13.1. The van der Waals surface area contributed by atoms with Crippen LogP contribution in [0.15, 0.2) is 40.9 Å². The van der Waals surface area contributed by atoms with Crippen molar-refractivity contribution < 1.29 is 9.31 Å². The Bertz CT molecular complexity index is 664. The highest BCUT2D eigenvalue weighted by atomic mass is 79.9. The van der Waals surface area contributed by atoms with E-state index in [9.17, 15) is 14.5 Å². The Balaban J connectivity index is 2.13. The van der Waals surface area contributed by atoms with Crippen LogP contribution in [0.1, 0.15) is 5.56 Å². The highest BCUT2D eigenvalue weighted by Gasteiger charge is 2.11. The van der Waals surface area contributed by atoms with Gasteiger partial charge in [0.05, 0.1) is 4.92 Å². The predicted molar refractivity (Wildman–Crippen MR) is 78.9 cm³/mol. The number of nitrogens with zero attached hydrogens (tertiary/aromatic N) is 1. The number of nitrogen functional groups attached to an aromatic ring is 1. The van der Waals surface area contributed by atoms with Crippen molar-refractivity contribution in [2.45, 2.75) is 6.54 Å². The van der Waals surface area contributed by atoms with E-state index in [1.54, 1.807) is 12.1 Å². The molecule has 0 radical (unpaired) electrons. The van der Waals surface area contributed by atoms with Crippen LogP contribution in [0, 0.1) is 15.9 Å². The van der Waals surface area contributed by atoms with Gasteiger partial charge in [0.1, 0.15) is 11.5 Å². The van der Waals surface area contributed by atoms with Crippen molar-refractivity contribution in [2.75, 3.05) is 11.1 Å². The number of hydrogen-bond acceptors (Lipinski definition) is 4. The maximum atomic E-state index is 13.1. The molecule has 2 aromatic rings. The van der Waals surface area contributed by atoms with Gasteiger partial charge in [0.15, 0.2) is 0 Å². The standard InChI is InChI=1S/C13H11BrFN3O2/c14-11-3-1-9(15)5-8(11)7-17-10-2-4-13(18(19)20)12(16)6-10/h1-6,17H,7,16H2. The highest BCUT2D eigenvalue weighted by Crippen LogP contribution is 2.25. The number of nitro benzene ring substituents is 1. The highest BCUT2D eigenvalue weighted by molar-refractivity contribution is 9.10. The maximum Gasteiger partial charge on any atom is 0.292 e. The number of anilines is 2. The SMILES string of the molecule is Nc1cc(NCc2cc(F)ccc2Br)ccc1[N+](=O)[O-]. The first-order chi connectivity index (χ1) is 9.47. The molecule has 2 aromatic carbocycles. The summed E-state index contributed by atoms with van der Waals surface area (Å²) in [7, 11) is 0. The molecule has 0 fully saturated rings. The Morgan fingerprint density at radius 2 is 2.05 bits per heavy atom. The molecule has 0 atom stereocenters. The third-order valence-electron chi connectivity index (χ3n) is 2.71. The zero-order valence-electron chi connectivity index (χ0n) is 10.3. The van der Waals surface area contributed by atoms with E-state index in [0.29, 0.717) is 12.2 Å². The molecule has 0 aliphatic heterocycles. The molecule has 5 nitrogen and oxygen atoms in total. The summed E-state index contributed by atoms with van der Waals surface area (Å²) in [5.74, 6) is -0.326. The first kappa shape index (κ1) is 14.3. The van der Waals surface area contributed by atoms with E-state index in [1.165, 1.54) is 24.3 Å². The van der Waals surface area contributed by atoms with Gasteiger partial charge in [-0.2, -0.15) is 0 Å². The van der Waals surface area contributed by atoms with Crippen LogP contribution in [0.3, 0.4) is 0 Å². The summed E-state index contributed by atoms with van der Waals surface area (Å²) in [5.41, 5.74) is 6.91. The van der Waals surface area contributed by atoms with Gasteiger partial charge < -0.3 is 11.1 Å². The fraction of sp³-hybridized carbons (Fsp3) is 0.0769. The molecule has 0 bridgehead atoms. The first-order valence-corrected chi connectivity index (χ1v) is 6.48. The number of halogens is 2. The van der Waals surface area contributed by atoms with Crippen molar-refractivity contribution in [1.82, 2.24) is 0 Å². The van der Waals surface area contributed by atoms with Crippen molar-refractivity contribution in [2.24, 2.45) is 0 Å². The van der Waals surface area contributed by atoms with Crippen molar-refractivity contribution in [3.63, 3.8) is 0 Å². The van der Waals surface area contributed by atoms with Crippen LogP contribution < -0.4 is 11.1 Å². The first-order valence-electron chi connectivity index (χ1n) is 5.69. The largest absolute Gasteiger partial charge is 0.393 e. The molecule has 0 saturated heterocycles. The average Bonchev–Trinajstić information content (AvgIpc) is 2.39. The lowest BCUT2D eigenvalue weighted by Gasteiger charge is -2.09. The molecule has 0 aromatic heterocycles. The van der Waals surface area contributed by atoms with E-state index in [1.807, 2.05) is 0 Å². The lowest BCUT2D eigenvalue weighted by atomic mass is 10.2. The number of nitro groups is 1. The van der Waals surface area contributed by atoms with Gasteiger partial charge in [-0.15, -0.1) is 0 Å². The number of nitrogens with two attached hydrogens (primary N) is 1. The molecule has 0 aliphatic carbocycles. The lowest BCUT2D eigenvalue weighted by Crippen LogP contribution is -2.02. The monoisotopic (exact) mass is 339 g/mol. The molecule has 0 aliphatic rings. The number of benzene rings is 2. The van der Waals surface area contributed by atoms with Crippen LogP contribution in [-0.4, -0.2) is 4.92 Å². The Kier molecular flexibility index (Phi) is 4.19. The smallest absolute Gasteiger partial charge is 0.292 e. The van der Waals surface area contributed by atoms with Crippen molar-refractivity contribution in [3.05, 3.63) is 62.4 Å². The van der Waals surface area contributed by atoms with Gasteiger partial charge in [-0.05, 0) is 35.9 Å². The molecule has 3 N–H and O–H groups in total. The van der Waals surface area contributed by atoms with Crippen molar-refractivity contribution in [1.29, 1.82) is 0 Å². The van der Waals surface area contributed by atoms with Crippen molar-refractivity contribution >= 4 is 33.0 Å². The van der Waals surface area contributed by atoms with E-state index in [2.05, 4.69) is 21.2 Å². The molecular weight excluding hydrogens is 329 g/mol. The molecule has 0 heterocycles. The molecule has 0 unspecified atom stereocenters. The average molecular weight is 340 g/mol. The van der Waals surface area contributed by atoms with Gasteiger partial charge >= 0.3 is 0 Å². The summed E-state index contributed by atoms with van der Waals surface area (Å²) in [4.78, 5) is 10.1. The van der Waals surface area contributed by atoms with Gasteiger partial charge in [0.25, 0.3) is 5.69 Å². The van der Waals surface area contributed by atoms with Gasteiger partial charge in [-0.3, -0.25) is 10.1 Å². The summed E-state index contributed by atoms with van der Waals surface area (Å²) in [5, 5.41) is 13.7. The van der Waals surface area contributed by atoms with Gasteiger partial charge in [-0.1, -0.05) is 15.9 Å². The van der Waals surface area contributed by atoms with Crippen LogP contribution in [0.4, 0.5) is 21.5 Å². The minimum absolute atomic E-state index is 0.0818. The zero-order valence-corrected chi connectivity index (χ0v) is 11.9. The lowest BCUT2D eigenvalue weighted by molar-refractivity contribution is -0.383. The fourth-order valence-corrected chi connectivity index (χ4v) is 2.09. The second kappa shape index (κ2) is 5.87. The summed E-state index contributed by atoms with van der Waals surface area (Å²) in [6.07, 6.45) is 0. The molecule has 0 saturated carbocycles. The van der Waals surface area contributed by atoms with E-state index >= 15 is 0 Å². The Morgan fingerprint density at radius 3 is 2.70 bits per heavy atom. The molecule has 0 spiro atoms. The summed E-state index contributed by atoms with van der Waals surface area (Å²) < 4.78 is 13.9. The van der Waals surface area contributed by atoms with Gasteiger partial charge in [0.2, 0.25) is 0 Å². The third kappa shape index (κ3) is 3.24. The summed E-state index contributed by atoms with van der Waals surface area (Å²) >= 11 is 3.33. The Labute approximate surface area is 122 Å². The molecular formula is C13H11BrFN3O2. The summed E-state index contributed by atoms with van der Waals surface area (Å²) in [6, 6.07) is 8.76. The minimum atomic E-state index is -0.539. The normalized spacial score (nSPS) is 10.3. The third-order valence-corrected chi connectivity index (χ3v) is 3.49. The van der Waals surface area contributed by atoms with Crippen LogP contribution in [-0.2, 0) is 6.54 Å². The topological polar surface area (TPSA) is 81.2 Å². The van der Waals surface area contributed by atoms with E-state index < -0.39 is 4.92 Å². The van der Waals surface area contributed by atoms with Crippen LogP contribution >= 0.6 is 15.9 Å². The summed E-state index contributed by atoms with van der Waals surface area (Å²) in [6.45, 7) is 0.371. The minimum Gasteiger partial charge on any atom is -0.393 e. The molecule has 0 amide bonds. The quantitative estimate of drug-likeness (QED) is 0.505. The predicted octanol–water partition coefficient (Wildman–Crippen LogP) is 3.69. The van der Waals surface area contributed by atoms with E-state index in [-0.39, 0.29) is 17.2 Å². The van der Waals surface area contributed by atoms with Gasteiger partial charge in [-0.25, -0.2) is 4.39 Å². The van der Waals surface area contributed by atoms with Crippen LogP contribution in [0.5, 0.6) is 0 Å². The Hall–Kier alpha value is -2.15. The second-order valence-electron chi connectivity index (χ2n) is 4.12. The second-order valence-corrected chi connectivity index (χ2v) is 4.97. The molecule has 7 heteroatoms. The fourth-order valence-electron chi connectivity index (χ4n) is 1.71. The molecule has 2 rings (SSSR count). The molecule has 104 valence electrons.